The van der Waals surface area contributed by atoms with Crippen LogP contribution in [-0.4, -0.2) is 30.6 Å². The maximum absolute atomic E-state index is 11.5. The van der Waals surface area contributed by atoms with Gasteiger partial charge in [-0.25, -0.2) is 0 Å². The van der Waals surface area contributed by atoms with Gasteiger partial charge in [-0.2, -0.15) is 24.9 Å². The molecule has 2 nitrogen and oxygen atoms in total. The van der Waals surface area contributed by atoms with Crippen molar-refractivity contribution >= 4 is 17.7 Å². The third-order valence-electron chi connectivity index (χ3n) is 1.02. The van der Waals surface area contributed by atoms with Crippen LogP contribution in [0.25, 0.3) is 0 Å². The van der Waals surface area contributed by atoms with Crippen molar-refractivity contribution in [2.45, 2.75) is 12.6 Å². The van der Waals surface area contributed by atoms with Crippen LogP contribution < -0.4 is 5.32 Å². The van der Waals surface area contributed by atoms with E-state index in [-0.39, 0.29) is 6.42 Å². The van der Waals surface area contributed by atoms with E-state index in [4.69, 9.17) is 0 Å². The van der Waals surface area contributed by atoms with Crippen molar-refractivity contribution in [2.75, 3.05) is 18.6 Å². The number of amides is 1. The predicted molar refractivity (Wildman–Crippen MR) is 42.1 cm³/mol. The van der Waals surface area contributed by atoms with Crippen molar-refractivity contribution in [2.24, 2.45) is 0 Å². The summed E-state index contributed by atoms with van der Waals surface area (Å²) >= 11 is 1.42. The number of carbonyl (C=O) groups is 1. The smallest absolute Gasteiger partial charge is 0.347 e. The normalized spacial score (nSPS) is 11.3. The lowest BCUT2D eigenvalue weighted by atomic mass is 10.4. The third-order valence-corrected chi connectivity index (χ3v) is 1.63. The summed E-state index contributed by atoms with van der Waals surface area (Å²) in [6.45, 7) is -1.24. The SMILES string of the molecule is CSCCC(=O)NCC(F)(F)F. The topological polar surface area (TPSA) is 29.1 Å². The van der Waals surface area contributed by atoms with Gasteiger partial charge in [0.1, 0.15) is 6.54 Å². The molecular formula is C6H10F3NOS. The molecule has 0 heterocycles. The number of rotatable bonds is 4. The molecule has 0 bridgehead atoms. The molecule has 0 aromatic heterocycles. The first-order valence-corrected chi connectivity index (χ1v) is 4.67. The lowest BCUT2D eigenvalue weighted by Gasteiger charge is -2.07. The summed E-state index contributed by atoms with van der Waals surface area (Å²) in [5.41, 5.74) is 0. The number of hydrogen-bond acceptors (Lipinski definition) is 2. The Morgan fingerprint density at radius 1 is 1.50 bits per heavy atom. The summed E-state index contributed by atoms with van der Waals surface area (Å²) in [6, 6.07) is 0. The van der Waals surface area contributed by atoms with Crippen molar-refractivity contribution in [3.63, 3.8) is 0 Å². The van der Waals surface area contributed by atoms with Crippen LogP contribution in [0.3, 0.4) is 0 Å². The number of halogens is 3. The molecule has 0 unspecified atom stereocenters. The van der Waals surface area contributed by atoms with Gasteiger partial charge in [-0.3, -0.25) is 4.79 Å². The van der Waals surface area contributed by atoms with E-state index in [1.54, 1.807) is 11.6 Å². The molecule has 0 aromatic rings. The van der Waals surface area contributed by atoms with E-state index in [2.05, 4.69) is 0 Å². The monoisotopic (exact) mass is 201 g/mol. The van der Waals surface area contributed by atoms with E-state index in [1.165, 1.54) is 11.8 Å². The molecule has 12 heavy (non-hydrogen) atoms. The minimum Gasteiger partial charge on any atom is -0.347 e. The number of alkyl halides is 3. The average Bonchev–Trinajstić information content (AvgIpc) is 1.95. The van der Waals surface area contributed by atoms with Crippen LogP contribution >= 0.6 is 11.8 Å². The summed E-state index contributed by atoms with van der Waals surface area (Å²) in [5.74, 6) is -0.00868. The quantitative estimate of drug-likeness (QED) is 0.745. The highest BCUT2D eigenvalue weighted by Gasteiger charge is 2.27. The molecule has 0 saturated heterocycles. The maximum Gasteiger partial charge on any atom is 0.405 e. The summed E-state index contributed by atoms with van der Waals surface area (Å²) < 4.78 is 34.6. The molecule has 0 aromatic carbocycles. The fourth-order valence-corrected chi connectivity index (χ4v) is 0.871. The Morgan fingerprint density at radius 2 is 2.08 bits per heavy atom. The molecule has 0 aliphatic rings. The zero-order valence-corrected chi connectivity index (χ0v) is 7.39. The minimum atomic E-state index is -4.31. The molecule has 1 amide bonds. The van der Waals surface area contributed by atoms with E-state index >= 15 is 0 Å². The van der Waals surface area contributed by atoms with Crippen LogP contribution in [0.5, 0.6) is 0 Å². The van der Waals surface area contributed by atoms with Crippen molar-refractivity contribution in [3.8, 4) is 0 Å². The van der Waals surface area contributed by atoms with Crippen LogP contribution in [-0.2, 0) is 4.79 Å². The van der Waals surface area contributed by atoms with Gasteiger partial charge in [0.05, 0.1) is 0 Å². The highest BCUT2D eigenvalue weighted by Crippen LogP contribution is 2.12. The zero-order valence-electron chi connectivity index (χ0n) is 6.57. The van der Waals surface area contributed by atoms with Crippen LogP contribution in [0.2, 0.25) is 0 Å². The Bertz CT molecular complexity index is 148. The van der Waals surface area contributed by atoms with E-state index in [0.29, 0.717) is 5.75 Å². The first-order chi connectivity index (χ1) is 5.45. The molecular weight excluding hydrogens is 191 g/mol. The Morgan fingerprint density at radius 3 is 2.50 bits per heavy atom. The number of thioether (sulfide) groups is 1. The lowest BCUT2D eigenvalue weighted by Crippen LogP contribution is -2.33. The third kappa shape index (κ3) is 7.71. The molecule has 0 radical (unpaired) electrons. The van der Waals surface area contributed by atoms with E-state index in [9.17, 15) is 18.0 Å². The maximum atomic E-state index is 11.5. The molecule has 0 atom stereocenters. The standard InChI is InChI=1S/C6H10F3NOS/c1-12-3-2-5(11)10-4-6(7,8)9/h2-4H2,1H3,(H,10,11). The van der Waals surface area contributed by atoms with Gasteiger partial charge in [0.2, 0.25) is 5.91 Å². The molecule has 0 saturated carbocycles. The lowest BCUT2D eigenvalue weighted by molar-refractivity contribution is -0.138. The Hall–Kier alpha value is -0.390. The zero-order chi connectivity index (χ0) is 9.61. The summed E-state index contributed by atoms with van der Waals surface area (Å²) in [6.07, 6.45) is -2.39. The summed E-state index contributed by atoms with van der Waals surface area (Å²) in [5, 5.41) is 1.78. The largest absolute Gasteiger partial charge is 0.405 e. The fourth-order valence-electron chi connectivity index (χ4n) is 0.482. The fraction of sp³-hybridized carbons (Fsp3) is 0.833. The van der Waals surface area contributed by atoms with Crippen molar-refractivity contribution < 1.29 is 18.0 Å². The predicted octanol–water partition coefficient (Wildman–Crippen LogP) is 1.42. The van der Waals surface area contributed by atoms with Gasteiger partial charge in [0.15, 0.2) is 0 Å². The van der Waals surface area contributed by atoms with Crippen LogP contribution in [0.1, 0.15) is 6.42 Å². The Balaban J connectivity index is 3.44. The van der Waals surface area contributed by atoms with Gasteiger partial charge >= 0.3 is 6.18 Å². The number of nitrogens with one attached hydrogen (secondary N) is 1. The molecule has 0 spiro atoms. The van der Waals surface area contributed by atoms with E-state index in [0.717, 1.165) is 0 Å². The highest BCUT2D eigenvalue weighted by atomic mass is 32.2. The molecule has 72 valence electrons. The van der Waals surface area contributed by atoms with E-state index in [1.807, 2.05) is 0 Å². The molecule has 0 fully saturated rings. The summed E-state index contributed by atoms with van der Waals surface area (Å²) in [4.78, 5) is 10.6. The van der Waals surface area contributed by atoms with Crippen LogP contribution in [0.15, 0.2) is 0 Å². The van der Waals surface area contributed by atoms with Gasteiger partial charge in [0.25, 0.3) is 0 Å². The number of carbonyl (C=O) groups excluding carboxylic acids is 1. The van der Waals surface area contributed by atoms with Crippen LogP contribution in [0, 0.1) is 0 Å². The van der Waals surface area contributed by atoms with Gasteiger partial charge in [-0.05, 0) is 6.26 Å². The summed E-state index contributed by atoms with van der Waals surface area (Å²) in [7, 11) is 0. The second kappa shape index (κ2) is 5.29. The first kappa shape index (κ1) is 11.6. The molecule has 6 heteroatoms. The van der Waals surface area contributed by atoms with Crippen LogP contribution in [0.4, 0.5) is 13.2 Å². The van der Waals surface area contributed by atoms with Crippen molar-refractivity contribution in [3.05, 3.63) is 0 Å². The Kier molecular flexibility index (Phi) is 5.12. The van der Waals surface area contributed by atoms with Gasteiger partial charge < -0.3 is 5.32 Å². The molecule has 0 rings (SSSR count). The van der Waals surface area contributed by atoms with E-state index < -0.39 is 18.6 Å². The second-order valence-electron chi connectivity index (χ2n) is 2.13. The van der Waals surface area contributed by atoms with Crippen molar-refractivity contribution in [1.29, 1.82) is 0 Å². The second-order valence-corrected chi connectivity index (χ2v) is 3.12. The molecule has 0 aliphatic carbocycles. The first-order valence-electron chi connectivity index (χ1n) is 3.28. The highest BCUT2D eigenvalue weighted by molar-refractivity contribution is 7.98. The average molecular weight is 201 g/mol. The molecule has 1 N–H and O–H groups in total. The van der Waals surface area contributed by atoms with Gasteiger partial charge in [-0.15, -0.1) is 0 Å². The van der Waals surface area contributed by atoms with Gasteiger partial charge in [-0.1, -0.05) is 0 Å². The minimum absolute atomic E-state index is 0.136. The molecule has 0 aliphatic heterocycles. The van der Waals surface area contributed by atoms with Crippen molar-refractivity contribution in [1.82, 2.24) is 5.32 Å². The Labute approximate surface area is 72.9 Å². The number of hydrogen-bond donors (Lipinski definition) is 1. The van der Waals surface area contributed by atoms with Gasteiger partial charge in [0, 0.05) is 12.2 Å².